The van der Waals surface area contributed by atoms with Crippen molar-refractivity contribution in [1.82, 2.24) is 9.55 Å². The molecule has 1 aromatic heterocycles. The maximum absolute atomic E-state index is 13.1. The molecule has 0 bridgehead atoms. The lowest BCUT2D eigenvalue weighted by Gasteiger charge is -2.35. The quantitative estimate of drug-likeness (QED) is 0.321. The van der Waals surface area contributed by atoms with Gasteiger partial charge in [0.2, 0.25) is 0 Å². The minimum atomic E-state index is -4.07. The Morgan fingerprint density at radius 3 is 2.79 bits per heavy atom. The van der Waals surface area contributed by atoms with E-state index in [2.05, 4.69) is 10.9 Å². The van der Waals surface area contributed by atoms with Crippen LogP contribution in [0.25, 0.3) is 0 Å². The van der Waals surface area contributed by atoms with E-state index >= 15 is 0 Å². The average Bonchev–Trinajstić information content (AvgIpc) is 3.03. The van der Waals surface area contributed by atoms with Crippen LogP contribution in [0.1, 0.15) is 33.4 Å². The van der Waals surface area contributed by atoms with Gasteiger partial charge in [-0.3, -0.25) is 27.9 Å². The third kappa shape index (κ3) is 5.30. The summed E-state index contributed by atoms with van der Waals surface area (Å²) in [4.78, 5) is 37.8. The van der Waals surface area contributed by atoms with E-state index in [0.29, 0.717) is 0 Å². The summed E-state index contributed by atoms with van der Waals surface area (Å²) < 4.78 is 46.7. The molecule has 182 valence electrons. The summed E-state index contributed by atoms with van der Waals surface area (Å²) in [5, 5.41) is 0. The van der Waals surface area contributed by atoms with Gasteiger partial charge in [0.1, 0.15) is 17.6 Å². The zero-order valence-corrected chi connectivity index (χ0v) is 19.6. The molecule has 2 fully saturated rings. The standard InChI is InChI=1S/C20H27N2O10P/c1-6-20(4)16-14(31-18(20)22-9-7-15(23)21-19(22)25)11-29-33(26,32-16)28-10-8-13(27-5)17(24)30-12(2)3/h1,7,9,12-14,16,18H,8,10-11H2,2-5H3,(H,21,23,25)/t13-,14+,16+,18+,20+,33-/m0/s1. The fourth-order valence-electron chi connectivity index (χ4n) is 3.64. The molecular weight excluding hydrogens is 459 g/mol. The number of hydrogen-bond donors (Lipinski definition) is 1. The van der Waals surface area contributed by atoms with Crippen molar-refractivity contribution in [1.29, 1.82) is 0 Å². The number of nitrogens with zero attached hydrogens (tertiary/aromatic N) is 1. The van der Waals surface area contributed by atoms with Gasteiger partial charge in [0.15, 0.2) is 12.3 Å². The Balaban J connectivity index is 1.71. The van der Waals surface area contributed by atoms with Gasteiger partial charge in [0.25, 0.3) is 5.56 Å². The highest BCUT2D eigenvalue weighted by atomic mass is 31.2. The Hall–Kier alpha value is -2.26. The minimum absolute atomic E-state index is 0.0468. The van der Waals surface area contributed by atoms with Gasteiger partial charge >= 0.3 is 19.5 Å². The SMILES string of the molecule is C#C[C@]1(C)[C@@H]2O[P@@](=O)(OCC[C@H](OC)C(=O)OC(C)C)OC[C@H]2O[C@H]1n1ccc(=O)[nH]c1=O. The van der Waals surface area contributed by atoms with Crippen molar-refractivity contribution in [2.45, 2.75) is 57.8 Å². The summed E-state index contributed by atoms with van der Waals surface area (Å²) >= 11 is 0. The van der Waals surface area contributed by atoms with Gasteiger partial charge in [-0.15, -0.1) is 6.42 Å². The number of rotatable bonds is 8. The van der Waals surface area contributed by atoms with Gasteiger partial charge in [0.05, 0.1) is 19.3 Å². The number of hydrogen-bond acceptors (Lipinski definition) is 10. The fourth-order valence-corrected chi connectivity index (χ4v) is 5.13. The third-order valence-corrected chi connectivity index (χ3v) is 6.78. The number of methoxy groups -OCH3 is 1. The number of nitrogens with one attached hydrogen (secondary N) is 1. The first-order valence-corrected chi connectivity index (χ1v) is 11.7. The minimum Gasteiger partial charge on any atom is -0.461 e. The first kappa shape index (κ1) is 25.4. The van der Waals surface area contributed by atoms with Gasteiger partial charge in [-0.2, -0.15) is 0 Å². The van der Waals surface area contributed by atoms with Crippen molar-refractivity contribution in [2.24, 2.45) is 5.41 Å². The van der Waals surface area contributed by atoms with Crippen LogP contribution < -0.4 is 11.2 Å². The first-order chi connectivity index (χ1) is 15.5. The summed E-state index contributed by atoms with van der Waals surface area (Å²) in [7, 11) is -2.72. The number of carbonyl (C=O) groups excluding carboxylic acids is 1. The lowest BCUT2D eigenvalue weighted by atomic mass is 9.83. The maximum Gasteiger partial charge on any atom is 0.475 e. The molecule has 3 heterocycles. The van der Waals surface area contributed by atoms with Crippen LogP contribution in [-0.2, 0) is 37.1 Å². The maximum atomic E-state index is 13.1. The molecule has 2 saturated heterocycles. The number of phosphoric ester groups is 1. The number of carbonyl (C=O) groups is 1. The Morgan fingerprint density at radius 2 is 2.18 bits per heavy atom. The predicted molar refractivity (Wildman–Crippen MR) is 113 cm³/mol. The van der Waals surface area contributed by atoms with Crippen molar-refractivity contribution in [2.75, 3.05) is 20.3 Å². The van der Waals surface area contributed by atoms with Crippen LogP contribution in [-0.4, -0.2) is 60.3 Å². The molecule has 3 rings (SSSR count). The highest BCUT2D eigenvalue weighted by Gasteiger charge is 2.60. The topological polar surface area (TPSA) is 144 Å². The molecule has 12 nitrogen and oxygen atoms in total. The lowest BCUT2D eigenvalue weighted by Crippen LogP contribution is -2.43. The van der Waals surface area contributed by atoms with Gasteiger partial charge in [-0.1, -0.05) is 5.92 Å². The van der Waals surface area contributed by atoms with E-state index < -0.39 is 55.0 Å². The smallest absolute Gasteiger partial charge is 0.461 e. The van der Waals surface area contributed by atoms with Crippen LogP contribution >= 0.6 is 7.82 Å². The predicted octanol–water partition coefficient (Wildman–Crippen LogP) is 0.970. The third-order valence-electron chi connectivity index (χ3n) is 5.33. The second-order valence-corrected chi connectivity index (χ2v) is 9.69. The second-order valence-electron chi connectivity index (χ2n) is 8.07. The summed E-state index contributed by atoms with van der Waals surface area (Å²) in [5.41, 5.74) is -2.53. The molecule has 0 radical (unpaired) electrons. The van der Waals surface area contributed by atoms with E-state index in [1.54, 1.807) is 20.8 Å². The van der Waals surface area contributed by atoms with Gasteiger partial charge in [-0.05, 0) is 20.8 Å². The molecule has 2 aliphatic rings. The van der Waals surface area contributed by atoms with Crippen molar-refractivity contribution >= 4 is 13.8 Å². The van der Waals surface area contributed by atoms with E-state index in [-0.39, 0.29) is 25.7 Å². The molecule has 33 heavy (non-hydrogen) atoms. The molecule has 0 spiro atoms. The number of aromatic nitrogens is 2. The monoisotopic (exact) mass is 486 g/mol. The van der Waals surface area contributed by atoms with Crippen molar-refractivity contribution in [3.63, 3.8) is 0 Å². The second kappa shape index (κ2) is 9.93. The lowest BCUT2D eigenvalue weighted by molar-refractivity contribution is -0.160. The highest BCUT2D eigenvalue weighted by Crippen LogP contribution is 2.60. The Kier molecular flexibility index (Phi) is 7.63. The number of ether oxygens (including phenoxy) is 3. The zero-order chi connectivity index (χ0) is 24.4. The van der Waals surface area contributed by atoms with Crippen LogP contribution in [0.3, 0.4) is 0 Å². The van der Waals surface area contributed by atoms with Crippen LogP contribution in [0.15, 0.2) is 21.9 Å². The van der Waals surface area contributed by atoms with Gasteiger partial charge in [0, 0.05) is 25.8 Å². The molecule has 1 N–H and O–H groups in total. The number of esters is 1. The largest absolute Gasteiger partial charge is 0.475 e. The van der Waals surface area contributed by atoms with Crippen LogP contribution in [0.2, 0.25) is 0 Å². The van der Waals surface area contributed by atoms with E-state index in [0.717, 1.165) is 10.6 Å². The molecule has 2 aliphatic heterocycles. The van der Waals surface area contributed by atoms with E-state index in [4.69, 9.17) is 34.2 Å². The Labute approximate surface area is 190 Å². The molecule has 0 saturated carbocycles. The van der Waals surface area contributed by atoms with Crippen molar-refractivity contribution < 1.29 is 37.1 Å². The Morgan fingerprint density at radius 1 is 1.45 bits per heavy atom. The molecule has 0 amide bonds. The van der Waals surface area contributed by atoms with E-state index in [1.165, 1.54) is 13.3 Å². The molecular formula is C20H27N2O10P. The Bertz CT molecular complexity index is 1080. The summed E-state index contributed by atoms with van der Waals surface area (Å²) in [6, 6.07) is 1.16. The van der Waals surface area contributed by atoms with Gasteiger partial charge < -0.3 is 14.2 Å². The number of aromatic amines is 1. The first-order valence-electron chi connectivity index (χ1n) is 10.3. The zero-order valence-electron chi connectivity index (χ0n) is 18.7. The molecule has 0 aromatic carbocycles. The van der Waals surface area contributed by atoms with E-state index in [9.17, 15) is 18.9 Å². The van der Waals surface area contributed by atoms with Crippen LogP contribution in [0.4, 0.5) is 0 Å². The molecule has 6 atom stereocenters. The van der Waals surface area contributed by atoms with Crippen LogP contribution in [0.5, 0.6) is 0 Å². The van der Waals surface area contributed by atoms with Crippen molar-refractivity contribution in [3.8, 4) is 12.3 Å². The van der Waals surface area contributed by atoms with E-state index in [1.807, 2.05) is 0 Å². The van der Waals surface area contributed by atoms with Gasteiger partial charge in [-0.25, -0.2) is 14.2 Å². The number of H-pyrrole nitrogens is 1. The summed E-state index contributed by atoms with van der Waals surface area (Å²) in [6.07, 6.45) is 3.15. The average molecular weight is 486 g/mol. The molecule has 0 aliphatic carbocycles. The van der Waals surface area contributed by atoms with Crippen LogP contribution in [0, 0.1) is 17.8 Å². The summed E-state index contributed by atoms with van der Waals surface area (Å²) in [6.45, 7) is 4.67. The molecule has 1 aromatic rings. The molecule has 13 heteroatoms. The highest BCUT2D eigenvalue weighted by molar-refractivity contribution is 7.48. The number of phosphoric acid groups is 1. The molecule has 0 unspecified atom stereocenters. The van der Waals surface area contributed by atoms with Crippen molar-refractivity contribution in [3.05, 3.63) is 33.1 Å². The normalized spacial score (nSPS) is 32.2. The number of terminal acetylenes is 1. The number of fused-ring (bicyclic) bond motifs is 1. The fraction of sp³-hybridized carbons (Fsp3) is 0.650. The summed E-state index contributed by atoms with van der Waals surface area (Å²) in [5.74, 6) is 2.00.